The minimum atomic E-state index is 0.537. The maximum absolute atomic E-state index is 8.86. The average molecular weight is 254 g/mol. The van der Waals surface area contributed by atoms with E-state index >= 15 is 0 Å². The van der Waals surface area contributed by atoms with Gasteiger partial charge in [0, 0.05) is 22.0 Å². The van der Waals surface area contributed by atoms with Gasteiger partial charge in [-0.25, -0.2) is 0 Å². The second kappa shape index (κ2) is 4.47. The van der Waals surface area contributed by atoms with Crippen LogP contribution in [0.3, 0.4) is 0 Å². The first-order valence-corrected chi connectivity index (χ1v) is 6.98. The van der Waals surface area contributed by atoms with Gasteiger partial charge < -0.3 is 4.90 Å². The van der Waals surface area contributed by atoms with Gasteiger partial charge >= 0.3 is 0 Å². The molecular formula is C15H14N2S. The lowest BCUT2D eigenvalue weighted by atomic mass is 10.1. The molecule has 2 nitrogen and oxygen atoms in total. The number of anilines is 1. The first kappa shape index (κ1) is 11.3. The molecule has 1 aromatic heterocycles. The lowest BCUT2D eigenvalue weighted by Crippen LogP contribution is -2.28. The molecular weight excluding hydrogens is 240 g/mol. The largest absolute Gasteiger partial charge is 0.363 e. The second-order valence-electron chi connectivity index (χ2n) is 4.72. The smallest absolute Gasteiger partial charge is 0.100 e. The molecule has 2 aromatic rings. The number of thiophene rings is 1. The van der Waals surface area contributed by atoms with E-state index in [1.165, 1.54) is 16.1 Å². The Kier molecular flexibility index (Phi) is 2.81. The zero-order chi connectivity index (χ0) is 12.5. The highest BCUT2D eigenvalue weighted by Gasteiger charge is 2.25. The zero-order valence-corrected chi connectivity index (χ0v) is 11.1. The third kappa shape index (κ3) is 1.89. The van der Waals surface area contributed by atoms with E-state index < -0.39 is 0 Å². The number of fused-ring (bicyclic) bond motifs is 1. The molecule has 1 aromatic carbocycles. The standard InChI is InChI=1S/C15H14N2S/c1-11-6-13-4-2-3-5-15(13)17(11)9-14-7-12(8-16)10-18-14/h2-5,7,10-11H,6,9H2,1H3/t11-/m1/s1. The van der Waals surface area contributed by atoms with Gasteiger partial charge in [-0.3, -0.25) is 0 Å². The summed E-state index contributed by atoms with van der Waals surface area (Å²) < 4.78 is 0. The van der Waals surface area contributed by atoms with Gasteiger partial charge in [-0.05, 0) is 31.0 Å². The highest BCUT2D eigenvalue weighted by Crippen LogP contribution is 2.33. The summed E-state index contributed by atoms with van der Waals surface area (Å²) in [5.74, 6) is 0. The Hall–Kier alpha value is -1.79. The monoisotopic (exact) mass is 254 g/mol. The van der Waals surface area contributed by atoms with Crippen LogP contribution >= 0.6 is 11.3 Å². The van der Waals surface area contributed by atoms with Gasteiger partial charge in [0.25, 0.3) is 0 Å². The Morgan fingerprint density at radius 3 is 3.06 bits per heavy atom. The van der Waals surface area contributed by atoms with E-state index in [2.05, 4.69) is 42.2 Å². The molecule has 1 atom stereocenters. The predicted molar refractivity (Wildman–Crippen MR) is 74.8 cm³/mol. The van der Waals surface area contributed by atoms with E-state index in [1.54, 1.807) is 11.3 Å². The van der Waals surface area contributed by atoms with Crippen molar-refractivity contribution in [3.05, 3.63) is 51.7 Å². The van der Waals surface area contributed by atoms with Crippen LogP contribution in [0.5, 0.6) is 0 Å². The molecule has 18 heavy (non-hydrogen) atoms. The fourth-order valence-electron chi connectivity index (χ4n) is 2.56. The summed E-state index contributed by atoms with van der Waals surface area (Å²) in [6.45, 7) is 3.17. The van der Waals surface area contributed by atoms with Crippen LogP contribution in [0.25, 0.3) is 0 Å². The molecule has 0 amide bonds. The number of hydrogen-bond acceptors (Lipinski definition) is 3. The SMILES string of the molecule is C[C@@H]1Cc2ccccc2N1Cc1cc(C#N)cs1. The van der Waals surface area contributed by atoms with E-state index in [0.29, 0.717) is 6.04 Å². The molecule has 0 unspecified atom stereocenters. The van der Waals surface area contributed by atoms with Crippen LogP contribution in [0.2, 0.25) is 0 Å². The van der Waals surface area contributed by atoms with Crippen molar-refractivity contribution in [2.45, 2.75) is 25.9 Å². The first-order valence-electron chi connectivity index (χ1n) is 6.10. The number of rotatable bonds is 2. The van der Waals surface area contributed by atoms with Crippen molar-refractivity contribution >= 4 is 17.0 Å². The third-order valence-corrected chi connectivity index (χ3v) is 4.38. The Bertz CT molecular complexity index is 609. The van der Waals surface area contributed by atoms with Crippen LogP contribution in [0, 0.1) is 11.3 Å². The molecule has 0 aliphatic carbocycles. The van der Waals surface area contributed by atoms with E-state index in [0.717, 1.165) is 18.5 Å². The lowest BCUT2D eigenvalue weighted by molar-refractivity contribution is 0.676. The molecule has 1 aliphatic heterocycles. The molecule has 0 radical (unpaired) electrons. The van der Waals surface area contributed by atoms with Crippen molar-refractivity contribution in [1.29, 1.82) is 5.26 Å². The van der Waals surface area contributed by atoms with E-state index in [9.17, 15) is 0 Å². The highest BCUT2D eigenvalue weighted by atomic mass is 32.1. The summed E-state index contributed by atoms with van der Waals surface area (Å²) in [6.07, 6.45) is 1.12. The number of nitrogens with zero attached hydrogens (tertiary/aromatic N) is 2. The lowest BCUT2D eigenvalue weighted by Gasteiger charge is -2.24. The molecule has 90 valence electrons. The maximum atomic E-state index is 8.86. The Labute approximate surface area is 111 Å². The van der Waals surface area contributed by atoms with Crippen LogP contribution in [0.4, 0.5) is 5.69 Å². The molecule has 0 fully saturated rings. The first-order chi connectivity index (χ1) is 8.78. The van der Waals surface area contributed by atoms with Crippen LogP contribution in [0.15, 0.2) is 35.7 Å². The van der Waals surface area contributed by atoms with Crippen LogP contribution in [-0.2, 0) is 13.0 Å². The molecule has 0 spiro atoms. The van der Waals surface area contributed by atoms with Gasteiger partial charge in [0.2, 0.25) is 0 Å². The summed E-state index contributed by atoms with van der Waals surface area (Å²) in [6, 6.07) is 13.3. The van der Waals surface area contributed by atoms with Crippen molar-refractivity contribution < 1.29 is 0 Å². The van der Waals surface area contributed by atoms with Crippen LogP contribution in [0.1, 0.15) is 22.9 Å². The Morgan fingerprint density at radius 2 is 2.28 bits per heavy atom. The van der Waals surface area contributed by atoms with Crippen molar-refractivity contribution in [3.63, 3.8) is 0 Å². The summed E-state index contributed by atoms with van der Waals surface area (Å²) in [5, 5.41) is 10.8. The van der Waals surface area contributed by atoms with E-state index in [1.807, 2.05) is 11.4 Å². The number of hydrogen-bond donors (Lipinski definition) is 0. The topological polar surface area (TPSA) is 27.0 Å². The summed E-state index contributed by atoms with van der Waals surface area (Å²) >= 11 is 1.67. The van der Waals surface area contributed by atoms with Crippen LogP contribution < -0.4 is 4.90 Å². The average Bonchev–Trinajstić information content (AvgIpc) is 2.96. The molecule has 0 N–H and O–H groups in total. The zero-order valence-electron chi connectivity index (χ0n) is 10.3. The summed E-state index contributed by atoms with van der Waals surface area (Å²) in [5.41, 5.74) is 3.55. The van der Waals surface area contributed by atoms with E-state index in [4.69, 9.17) is 5.26 Å². The van der Waals surface area contributed by atoms with Crippen molar-refractivity contribution in [2.75, 3.05) is 4.90 Å². The fraction of sp³-hybridized carbons (Fsp3) is 0.267. The Morgan fingerprint density at radius 1 is 1.44 bits per heavy atom. The molecule has 3 heteroatoms. The minimum absolute atomic E-state index is 0.537. The predicted octanol–water partition coefficient (Wildman–Crippen LogP) is 3.57. The van der Waals surface area contributed by atoms with Crippen molar-refractivity contribution in [3.8, 4) is 6.07 Å². The van der Waals surface area contributed by atoms with Gasteiger partial charge in [-0.1, -0.05) is 18.2 Å². The normalized spacial score (nSPS) is 17.6. The number of benzene rings is 1. The van der Waals surface area contributed by atoms with Gasteiger partial charge in [-0.15, -0.1) is 11.3 Å². The van der Waals surface area contributed by atoms with Gasteiger partial charge in [0.1, 0.15) is 6.07 Å². The molecule has 1 aliphatic rings. The molecule has 0 saturated carbocycles. The molecule has 3 rings (SSSR count). The maximum Gasteiger partial charge on any atom is 0.100 e. The highest BCUT2D eigenvalue weighted by molar-refractivity contribution is 7.10. The van der Waals surface area contributed by atoms with Crippen LogP contribution in [-0.4, -0.2) is 6.04 Å². The quantitative estimate of drug-likeness (QED) is 0.819. The number of para-hydroxylation sites is 1. The van der Waals surface area contributed by atoms with Crippen molar-refractivity contribution in [1.82, 2.24) is 0 Å². The third-order valence-electron chi connectivity index (χ3n) is 3.46. The fourth-order valence-corrected chi connectivity index (χ4v) is 3.37. The summed E-state index contributed by atoms with van der Waals surface area (Å²) in [7, 11) is 0. The van der Waals surface area contributed by atoms with Gasteiger partial charge in [0.05, 0.1) is 12.1 Å². The molecule has 0 bridgehead atoms. The molecule has 2 heterocycles. The summed E-state index contributed by atoms with van der Waals surface area (Å²) in [4.78, 5) is 3.69. The van der Waals surface area contributed by atoms with Gasteiger partial charge in [-0.2, -0.15) is 5.26 Å². The minimum Gasteiger partial charge on any atom is -0.363 e. The van der Waals surface area contributed by atoms with Gasteiger partial charge in [0.15, 0.2) is 0 Å². The molecule has 0 saturated heterocycles. The Balaban J connectivity index is 1.87. The number of nitriles is 1. The van der Waals surface area contributed by atoms with Crippen molar-refractivity contribution in [2.24, 2.45) is 0 Å². The second-order valence-corrected chi connectivity index (χ2v) is 5.72. The van der Waals surface area contributed by atoms with E-state index in [-0.39, 0.29) is 0 Å².